The topological polar surface area (TPSA) is 9.23 Å². The fraction of sp³-hybridized carbons (Fsp3) is 0.0588. The van der Waals surface area contributed by atoms with Crippen molar-refractivity contribution in [3.63, 3.8) is 0 Å². The molecule has 0 aliphatic rings. The Balaban J connectivity index is 2.11. The van der Waals surface area contributed by atoms with Crippen LogP contribution in [0.1, 0.15) is 5.56 Å². The zero-order valence-electron chi connectivity index (χ0n) is 10.9. The van der Waals surface area contributed by atoms with Gasteiger partial charge in [-0.25, -0.2) is 0 Å². The number of ether oxygens (including phenoxy) is 1. The Bertz CT molecular complexity index is 799. The van der Waals surface area contributed by atoms with Gasteiger partial charge in [0.05, 0.1) is 5.88 Å². The number of fused-ring (bicyclic) bond motifs is 1. The molecule has 0 saturated carbocycles. The van der Waals surface area contributed by atoms with Crippen LogP contribution >= 0.6 is 34.8 Å². The van der Waals surface area contributed by atoms with Gasteiger partial charge in [-0.3, -0.25) is 0 Å². The summed E-state index contributed by atoms with van der Waals surface area (Å²) in [5.41, 5.74) is 0.778. The van der Waals surface area contributed by atoms with Gasteiger partial charge in [0.25, 0.3) is 0 Å². The van der Waals surface area contributed by atoms with Crippen LogP contribution in [-0.4, -0.2) is 0 Å². The van der Waals surface area contributed by atoms with Crippen molar-refractivity contribution in [1.82, 2.24) is 0 Å². The van der Waals surface area contributed by atoms with Crippen LogP contribution in [0.4, 0.5) is 0 Å². The average molecular weight is 338 g/mol. The zero-order valence-corrected chi connectivity index (χ0v) is 13.2. The van der Waals surface area contributed by atoms with E-state index in [1.54, 1.807) is 6.07 Å². The summed E-state index contributed by atoms with van der Waals surface area (Å²) in [6.45, 7) is 0. The van der Waals surface area contributed by atoms with E-state index >= 15 is 0 Å². The van der Waals surface area contributed by atoms with Gasteiger partial charge in [-0.15, -0.1) is 11.6 Å². The molecule has 3 rings (SSSR count). The number of halogens is 3. The van der Waals surface area contributed by atoms with Crippen molar-refractivity contribution < 1.29 is 4.74 Å². The summed E-state index contributed by atoms with van der Waals surface area (Å²) in [5.74, 6) is 1.68. The maximum absolute atomic E-state index is 6.22. The Morgan fingerprint density at radius 1 is 0.714 bits per heavy atom. The van der Waals surface area contributed by atoms with E-state index < -0.39 is 0 Å². The van der Waals surface area contributed by atoms with Gasteiger partial charge >= 0.3 is 0 Å². The molecule has 0 saturated heterocycles. The second-order valence-corrected chi connectivity index (χ2v) is 5.62. The van der Waals surface area contributed by atoms with Crippen LogP contribution in [0.3, 0.4) is 0 Å². The molecular weight excluding hydrogens is 327 g/mol. The van der Waals surface area contributed by atoms with E-state index in [1.807, 2.05) is 48.5 Å². The Morgan fingerprint density at radius 2 is 1.48 bits per heavy atom. The van der Waals surface area contributed by atoms with Crippen LogP contribution in [0.25, 0.3) is 10.8 Å². The summed E-state index contributed by atoms with van der Waals surface area (Å²) >= 11 is 18.3. The molecule has 0 atom stereocenters. The molecule has 0 spiro atoms. The first-order valence-electron chi connectivity index (χ1n) is 6.39. The lowest BCUT2D eigenvalue weighted by atomic mass is 10.1. The van der Waals surface area contributed by atoms with Crippen molar-refractivity contribution in [2.24, 2.45) is 0 Å². The molecule has 0 aromatic heterocycles. The molecule has 3 aromatic rings. The van der Waals surface area contributed by atoms with Crippen LogP contribution in [0, 0.1) is 0 Å². The third kappa shape index (κ3) is 2.82. The molecule has 3 aromatic carbocycles. The molecule has 0 bridgehead atoms. The first kappa shape index (κ1) is 14.5. The van der Waals surface area contributed by atoms with Crippen molar-refractivity contribution in [3.8, 4) is 11.5 Å². The van der Waals surface area contributed by atoms with Gasteiger partial charge in [0.2, 0.25) is 0 Å². The smallest absolute Gasteiger partial charge is 0.135 e. The number of hydrogen-bond acceptors (Lipinski definition) is 1. The molecule has 0 heterocycles. The van der Waals surface area contributed by atoms with Crippen molar-refractivity contribution in [2.45, 2.75) is 5.88 Å². The third-order valence-corrected chi connectivity index (χ3v) is 4.21. The highest BCUT2D eigenvalue weighted by Crippen LogP contribution is 2.37. The quantitative estimate of drug-likeness (QED) is 0.484. The van der Waals surface area contributed by atoms with E-state index in [0.717, 1.165) is 22.1 Å². The van der Waals surface area contributed by atoms with Crippen molar-refractivity contribution >= 4 is 45.6 Å². The first-order chi connectivity index (χ1) is 10.2. The molecule has 0 amide bonds. The van der Waals surface area contributed by atoms with E-state index in [4.69, 9.17) is 39.5 Å². The predicted octanol–water partition coefficient (Wildman–Crippen LogP) is 6.68. The largest absolute Gasteiger partial charge is 0.456 e. The molecular formula is C17H11Cl3O. The maximum atomic E-state index is 6.22. The van der Waals surface area contributed by atoms with Gasteiger partial charge < -0.3 is 4.74 Å². The number of rotatable bonds is 3. The molecule has 4 heteroatoms. The van der Waals surface area contributed by atoms with E-state index in [1.165, 1.54) is 0 Å². The van der Waals surface area contributed by atoms with Crippen molar-refractivity contribution in [1.29, 1.82) is 0 Å². The predicted molar refractivity (Wildman–Crippen MR) is 90.0 cm³/mol. The van der Waals surface area contributed by atoms with Crippen molar-refractivity contribution in [2.75, 3.05) is 0 Å². The summed E-state index contributed by atoms with van der Waals surface area (Å²) in [4.78, 5) is 0. The minimum atomic E-state index is 0.292. The standard InChI is InChI=1S/C17H11Cl3O/c18-10-13-14(19)6-3-7-16(13)21-17-9-8-15(20)11-4-1-2-5-12(11)17/h1-9H,10H2. The lowest BCUT2D eigenvalue weighted by molar-refractivity contribution is 0.484. The monoisotopic (exact) mass is 336 g/mol. The van der Waals surface area contributed by atoms with E-state index in [0.29, 0.717) is 21.7 Å². The van der Waals surface area contributed by atoms with Crippen LogP contribution in [-0.2, 0) is 5.88 Å². The van der Waals surface area contributed by atoms with Crippen LogP contribution in [0.5, 0.6) is 11.5 Å². The van der Waals surface area contributed by atoms with Crippen LogP contribution < -0.4 is 4.74 Å². The molecule has 0 aliphatic carbocycles. The van der Waals surface area contributed by atoms with Gasteiger partial charge in [0.1, 0.15) is 11.5 Å². The van der Waals surface area contributed by atoms with Crippen LogP contribution in [0.2, 0.25) is 10.0 Å². The highest BCUT2D eigenvalue weighted by atomic mass is 35.5. The maximum Gasteiger partial charge on any atom is 0.135 e. The summed E-state index contributed by atoms with van der Waals surface area (Å²) in [5, 5.41) is 3.19. The summed E-state index contributed by atoms with van der Waals surface area (Å²) < 4.78 is 6.02. The Morgan fingerprint density at radius 3 is 2.24 bits per heavy atom. The Kier molecular flexibility index (Phi) is 4.25. The van der Waals surface area contributed by atoms with E-state index in [-0.39, 0.29) is 0 Å². The fourth-order valence-corrected chi connectivity index (χ4v) is 3.01. The molecule has 106 valence electrons. The van der Waals surface area contributed by atoms with Gasteiger partial charge in [-0.1, -0.05) is 53.5 Å². The molecule has 21 heavy (non-hydrogen) atoms. The average Bonchev–Trinajstić information content (AvgIpc) is 2.51. The summed E-state index contributed by atoms with van der Waals surface area (Å²) in [7, 11) is 0. The second kappa shape index (κ2) is 6.15. The zero-order chi connectivity index (χ0) is 14.8. The van der Waals surface area contributed by atoms with Gasteiger partial charge in [-0.05, 0) is 24.3 Å². The highest BCUT2D eigenvalue weighted by molar-refractivity contribution is 6.35. The normalized spacial score (nSPS) is 10.8. The van der Waals surface area contributed by atoms with E-state index in [2.05, 4.69) is 0 Å². The van der Waals surface area contributed by atoms with Crippen molar-refractivity contribution in [3.05, 3.63) is 70.2 Å². The number of benzene rings is 3. The Labute approximate surface area is 138 Å². The molecule has 0 fully saturated rings. The fourth-order valence-electron chi connectivity index (χ4n) is 2.21. The van der Waals surface area contributed by atoms with Gasteiger partial charge in [0.15, 0.2) is 0 Å². The number of hydrogen-bond donors (Lipinski definition) is 0. The minimum Gasteiger partial charge on any atom is -0.456 e. The molecule has 1 nitrogen and oxygen atoms in total. The first-order valence-corrected chi connectivity index (χ1v) is 7.68. The summed E-state index contributed by atoms with van der Waals surface area (Å²) in [6.07, 6.45) is 0. The lowest BCUT2D eigenvalue weighted by Gasteiger charge is -2.13. The molecule has 0 N–H and O–H groups in total. The highest BCUT2D eigenvalue weighted by Gasteiger charge is 2.11. The minimum absolute atomic E-state index is 0.292. The molecule has 0 unspecified atom stereocenters. The molecule has 0 aliphatic heterocycles. The number of alkyl halides is 1. The SMILES string of the molecule is ClCc1c(Cl)cccc1Oc1ccc(Cl)c2ccccc12. The second-order valence-electron chi connectivity index (χ2n) is 4.54. The van der Waals surface area contributed by atoms with Crippen LogP contribution in [0.15, 0.2) is 54.6 Å². The summed E-state index contributed by atoms with van der Waals surface area (Å²) in [6, 6.07) is 17.0. The van der Waals surface area contributed by atoms with Gasteiger partial charge in [0, 0.05) is 26.4 Å². The van der Waals surface area contributed by atoms with Gasteiger partial charge in [-0.2, -0.15) is 0 Å². The lowest BCUT2D eigenvalue weighted by Crippen LogP contribution is -1.91. The van der Waals surface area contributed by atoms with E-state index in [9.17, 15) is 0 Å². The Hall–Kier alpha value is -1.41. The third-order valence-electron chi connectivity index (χ3n) is 3.26. The molecule has 0 radical (unpaired) electrons.